The van der Waals surface area contributed by atoms with Crippen LogP contribution in [0.1, 0.15) is 41.7 Å². The fourth-order valence-electron chi connectivity index (χ4n) is 3.68. The Morgan fingerprint density at radius 3 is 2.55 bits per heavy atom. The van der Waals surface area contributed by atoms with Gasteiger partial charge in [-0.2, -0.15) is 0 Å². The Hall–Kier alpha value is -2.97. The summed E-state index contributed by atoms with van der Waals surface area (Å²) in [5.41, 5.74) is 0.977. The molecule has 9 heteroatoms. The summed E-state index contributed by atoms with van der Waals surface area (Å²) >= 11 is 6.16. The van der Waals surface area contributed by atoms with Gasteiger partial charge in [0.25, 0.3) is 11.6 Å². The number of benzene rings is 2. The van der Waals surface area contributed by atoms with Crippen LogP contribution in [0, 0.1) is 10.1 Å². The quantitative estimate of drug-likeness (QED) is 0.480. The lowest BCUT2D eigenvalue weighted by Crippen LogP contribution is -2.47. The number of likely N-dealkylation sites (tertiary alicyclic amines) is 1. The van der Waals surface area contributed by atoms with Gasteiger partial charge in [0.2, 0.25) is 5.91 Å². The van der Waals surface area contributed by atoms with E-state index in [1.165, 1.54) is 24.3 Å². The number of nitrogens with zero attached hydrogens (tertiary/aromatic N) is 2. The van der Waals surface area contributed by atoms with E-state index in [-0.39, 0.29) is 23.2 Å². The molecule has 1 saturated heterocycles. The second kappa shape index (κ2) is 10.4. The predicted octanol–water partition coefficient (Wildman–Crippen LogP) is 3.32. The third-order valence-corrected chi connectivity index (χ3v) is 5.58. The molecule has 3 rings (SSSR count). The molecule has 0 saturated carbocycles. The molecule has 1 heterocycles. The number of halogens is 1. The van der Waals surface area contributed by atoms with Gasteiger partial charge in [-0.1, -0.05) is 29.8 Å². The Kier molecular flexibility index (Phi) is 7.59. The van der Waals surface area contributed by atoms with Crippen LogP contribution >= 0.6 is 11.6 Å². The lowest BCUT2D eigenvalue weighted by atomic mass is 10.1. The number of non-ortho nitro benzene ring substituents is 1. The SMILES string of the molecule is CC(NC(=O)c1cccc([N+](=O)[O-])c1)C(=O)NCC(c1cccc(Cl)c1)N1CCCC1. The van der Waals surface area contributed by atoms with Crippen molar-refractivity contribution in [2.45, 2.75) is 31.8 Å². The zero-order chi connectivity index (χ0) is 22.4. The summed E-state index contributed by atoms with van der Waals surface area (Å²) in [6, 6.07) is 12.2. The monoisotopic (exact) mass is 444 g/mol. The first-order valence-corrected chi connectivity index (χ1v) is 10.6. The number of hydrogen-bond acceptors (Lipinski definition) is 5. The molecular formula is C22H25ClN4O4. The molecule has 164 valence electrons. The average molecular weight is 445 g/mol. The zero-order valence-corrected chi connectivity index (χ0v) is 18.0. The van der Waals surface area contributed by atoms with E-state index in [0.717, 1.165) is 31.5 Å². The minimum Gasteiger partial charge on any atom is -0.352 e. The van der Waals surface area contributed by atoms with Crippen LogP contribution in [0.2, 0.25) is 5.02 Å². The maximum Gasteiger partial charge on any atom is 0.270 e. The van der Waals surface area contributed by atoms with Crippen LogP contribution in [-0.4, -0.2) is 47.3 Å². The first-order chi connectivity index (χ1) is 14.8. The van der Waals surface area contributed by atoms with E-state index < -0.39 is 16.9 Å². The van der Waals surface area contributed by atoms with E-state index in [9.17, 15) is 19.7 Å². The summed E-state index contributed by atoms with van der Waals surface area (Å²) in [4.78, 5) is 37.7. The summed E-state index contributed by atoms with van der Waals surface area (Å²) in [5, 5.41) is 17.1. The Balaban J connectivity index is 1.61. The van der Waals surface area contributed by atoms with Gasteiger partial charge < -0.3 is 10.6 Å². The number of nitro groups is 1. The van der Waals surface area contributed by atoms with Gasteiger partial charge in [0, 0.05) is 29.3 Å². The maximum atomic E-state index is 12.6. The number of hydrogen-bond donors (Lipinski definition) is 2. The molecule has 0 radical (unpaired) electrons. The molecule has 1 fully saturated rings. The average Bonchev–Trinajstić information content (AvgIpc) is 3.28. The summed E-state index contributed by atoms with van der Waals surface area (Å²) in [7, 11) is 0. The van der Waals surface area contributed by atoms with Crippen molar-refractivity contribution >= 4 is 29.1 Å². The third kappa shape index (κ3) is 6.02. The Bertz CT molecular complexity index is 962. The van der Waals surface area contributed by atoms with Crippen LogP contribution in [0.5, 0.6) is 0 Å². The van der Waals surface area contributed by atoms with Crippen molar-refractivity contribution in [2.24, 2.45) is 0 Å². The second-order valence-electron chi connectivity index (χ2n) is 7.56. The van der Waals surface area contributed by atoms with Crippen LogP contribution in [0.3, 0.4) is 0 Å². The molecule has 31 heavy (non-hydrogen) atoms. The summed E-state index contributed by atoms with van der Waals surface area (Å²) < 4.78 is 0. The zero-order valence-electron chi connectivity index (χ0n) is 17.2. The van der Waals surface area contributed by atoms with Gasteiger partial charge in [-0.3, -0.25) is 24.6 Å². The van der Waals surface area contributed by atoms with Crippen molar-refractivity contribution in [3.05, 3.63) is 74.8 Å². The smallest absolute Gasteiger partial charge is 0.270 e. The topological polar surface area (TPSA) is 105 Å². The van der Waals surface area contributed by atoms with Crippen molar-refractivity contribution in [3.63, 3.8) is 0 Å². The molecule has 8 nitrogen and oxygen atoms in total. The Morgan fingerprint density at radius 1 is 1.16 bits per heavy atom. The van der Waals surface area contributed by atoms with Crippen molar-refractivity contribution in [2.75, 3.05) is 19.6 Å². The minimum absolute atomic E-state index is 0.00942. The van der Waals surface area contributed by atoms with Gasteiger partial charge in [-0.15, -0.1) is 0 Å². The molecule has 2 amide bonds. The highest BCUT2D eigenvalue weighted by atomic mass is 35.5. The molecule has 0 aliphatic carbocycles. The number of carbonyl (C=O) groups is 2. The van der Waals surface area contributed by atoms with Crippen LogP contribution in [0.15, 0.2) is 48.5 Å². The predicted molar refractivity (Wildman–Crippen MR) is 118 cm³/mol. The lowest BCUT2D eigenvalue weighted by molar-refractivity contribution is -0.384. The summed E-state index contributed by atoms with van der Waals surface area (Å²) in [6.45, 7) is 3.86. The Morgan fingerprint density at radius 2 is 1.87 bits per heavy atom. The normalized spacial score (nSPS) is 15.8. The highest BCUT2D eigenvalue weighted by Crippen LogP contribution is 2.26. The molecule has 2 unspecified atom stereocenters. The highest BCUT2D eigenvalue weighted by molar-refractivity contribution is 6.30. The number of carbonyl (C=O) groups excluding carboxylic acids is 2. The van der Waals surface area contributed by atoms with Gasteiger partial charge in [0.05, 0.1) is 11.0 Å². The molecule has 1 aliphatic rings. The summed E-state index contributed by atoms with van der Waals surface area (Å²) in [6.07, 6.45) is 2.22. The second-order valence-corrected chi connectivity index (χ2v) is 8.00. The van der Waals surface area contributed by atoms with E-state index in [0.29, 0.717) is 11.6 Å². The van der Waals surface area contributed by atoms with Gasteiger partial charge in [-0.25, -0.2) is 0 Å². The van der Waals surface area contributed by atoms with Crippen LogP contribution in [0.25, 0.3) is 0 Å². The fourth-order valence-corrected chi connectivity index (χ4v) is 3.88. The Labute approximate surface area is 185 Å². The van der Waals surface area contributed by atoms with Gasteiger partial charge >= 0.3 is 0 Å². The van der Waals surface area contributed by atoms with Crippen LogP contribution in [-0.2, 0) is 4.79 Å². The minimum atomic E-state index is -0.801. The van der Waals surface area contributed by atoms with Crippen molar-refractivity contribution < 1.29 is 14.5 Å². The molecular weight excluding hydrogens is 420 g/mol. The highest BCUT2D eigenvalue weighted by Gasteiger charge is 2.25. The van der Waals surface area contributed by atoms with E-state index >= 15 is 0 Å². The molecule has 2 aromatic rings. The molecule has 1 aliphatic heterocycles. The van der Waals surface area contributed by atoms with Gasteiger partial charge in [0.15, 0.2) is 0 Å². The molecule has 2 N–H and O–H groups in total. The number of amides is 2. The van der Waals surface area contributed by atoms with Crippen molar-refractivity contribution in [3.8, 4) is 0 Å². The molecule has 0 bridgehead atoms. The molecule has 2 atom stereocenters. The third-order valence-electron chi connectivity index (χ3n) is 5.34. The van der Waals surface area contributed by atoms with Crippen LogP contribution in [0.4, 0.5) is 5.69 Å². The molecule has 0 aromatic heterocycles. The largest absolute Gasteiger partial charge is 0.352 e. The van der Waals surface area contributed by atoms with Gasteiger partial charge in [0.1, 0.15) is 6.04 Å². The summed E-state index contributed by atoms with van der Waals surface area (Å²) in [5.74, 6) is -0.873. The molecule has 0 spiro atoms. The van der Waals surface area contributed by atoms with E-state index in [2.05, 4.69) is 15.5 Å². The standard InChI is InChI=1S/C22H25ClN4O4/c1-15(25-22(29)17-7-5-9-19(13-17)27(30)31)21(28)24-14-20(26-10-2-3-11-26)16-6-4-8-18(23)12-16/h4-9,12-13,15,20H,2-3,10-11,14H2,1H3,(H,24,28)(H,25,29). The lowest BCUT2D eigenvalue weighted by Gasteiger charge is -2.29. The number of nitrogens with one attached hydrogen (secondary N) is 2. The number of rotatable bonds is 8. The first-order valence-electron chi connectivity index (χ1n) is 10.2. The number of nitro benzene ring substituents is 1. The van der Waals surface area contributed by atoms with Crippen molar-refractivity contribution in [1.82, 2.24) is 15.5 Å². The first kappa shape index (κ1) is 22.7. The van der Waals surface area contributed by atoms with E-state index in [1.54, 1.807) is 6.92 Å². The van der Waals surface area contributed by atoms with E-state index in [1.807, 2.05) is 24.3 Å². The van der Waals surface area contributed by atoms with Crippen LogP contribution < -0.4 is 10.6 Å². The van der Waals surface area contributed by atoms with Crippen molar-refractivity contribution in [1.29, 1.82) is 0 Å². The van der Waals surface area contributed by atoms with Gasteiger partial charge in [-0.05, 0) is 56.6 Å². The fraction of sp³-hybridized carbons (Fsp3) is 0.364. The van der Waals surface area contributed by atoms with E-state index in [4.69, 9.17) is 11.6 Å². The molecule has 2 aromatic carbocycles. The maximum absolute atomic E-state index is 12.6.